The van der Waals surface area contributed by atoms with Crippen LogP contribution in [0.15, 0.2) is 42.5 Å². The van der Waals surface area contributed by atoms with Gasteiger partial charge in [-0.1, -0.05) is 12.1 Å². The molecule has 7 nitrogen and oxygen atoms in total. The van der Waals surface area contributed by atoms with Crippen molar-refractivity contribution in [2.45, 2.75) is 25.7 Å². The summed E-state index contributed by atoms with van der Waals surface area (Å²) in [6.45, 7) is 3.60. The van der Waals surface area contributed by atoms with E-state index in [4.69, 9.17) is 9.47 Å². The van der Waals surface area contributed by atoms with E-state index in [0.29, 0.717) is 43.4 Å². The minimum atomic E-state index is -0.702. The van der Waals surface area contributed by atoms with Crippen molar-refractivity contribution in [3.63, 3.8) is 0 Å². The first-order valence-corrected chi connectivity index (χ1v) is 10.5. The fraction of sp³-hybridized carbons (Fsp3) is 0.391. The minimum absolute atomic E-state index is 0.399. The summed E-state index contributed by atoms with van der Waals surface area (Å²) < 4.78 is 10.9. The smallest absolute Gasteiger partial charge is 0.313 e. The van der Waals surface area contributed by atoms with Crippen LogP contribution in [0.4, 0.5) is 11.4 Å². The maximum atomic E-state index is 12.1. The summed E-state index contributed by atoms with van der Waals surface area (Å²) in [5.41, 5.74) is 2.87. The summed E-state index contributed by atoms with van der Waals surface area (Å²) in [4.78, 5) is 26.7. The van der Waals surface area contributed by atoms with Gasteiger partial charge in [0.05, 0.1) is 0 Å². The predicted molar refractivity (Wildman–Crippen MR) is 115 cm³/mol. The number of benzene rings is 2. The molecule has 0 radical (unpaired) electrons. The molecule has 1 saturated heterocycles. The molecule has 4 rings (SSSR count). The highest BCUT2D eigenvalue weighted by atomic mass is 16.6. The van der Waals surface area contributed by atoms with E-state index in [-0.39, 0.29) is 0 Å². The van der Waals surface area contributed by atoms with Crippen molar-refractivity contribution in [1.82, 2.24) is 5.32 Å². The Labute approximate surface area is 176 Å². The third-order valence-corrected chi connectivity index (χ3v) is 5.36. The number of piperidine rings is 1. The van der Waals surface area contributed by atoms with E-state index < -0.39 is 11.8 Å². The van der Waals surface area contributed by atoms with Crippen LogP contribution in [0, 0.1) is 0 Å². The molecule has 2 aromatic carbocycles. The number of nitrogens with one attached hydrogen (secondary N) is 2. The van der Waals surface area contributed by atoms with Crippen LogP contribution in [0.5, 0.6) is 11.5 Å². The van der Waals surface area contributed by atoms with Gasteiger partial charge in [-0.15, -0.1) is 0 Å². The Morgan fingerprint density at radius 2 is 1.60 bits per heavy atom. The Morgan fingerprint density at radius 3 is 2.37 bits per heavy atom. The molecule has 7 heteroatoms. The van der Waals surface area contributed by atoms with Crippen LogP contribution in [-0.2, 0) is 16.0 Å². The van der Waals surface area contributed by atoms with E-state index >= 15 is 0 Å². The highest BCUT2D eigenvalue weighted by Crippen LogP contribution is 2.32. The zero-order chi connectivity index (χ0) is 20.8. The van der Waals surface area contributed by atoms with Gasteiger partial charge in [0, 0.05) is 37.1 Å². The zero-order valence-corrected chi connectivity index (χ0v) is 17.0. The van der Waals surface area contributed by atoms with Crippen LogP contribution in [0.2, 0.25) is 0 Å². The van der Waals surface area contributed by atoms with Crippen LogP contribution in [-0.4, -0.2) is 44.7 Å². The second-order valence-corrected chi connectivity index (χ2v) is 7.53. The van der Waals surface area contributed by atoms with Crippen molar-refractivity contribution in [3.05, 3.63) is 48.0 Å². The molecule has 2 aliphatic rings. The van der Waals surface area contributed by atoms with E-state index in [0.717, 1.165) is 18.7 Å². The summed E-state index contributed by atoms with van der Waals surface area (Å²) in [5.74, 6) is -0.163. The number of anilines is 2. The number of hydrogen-bond acceptors (Lipinski definition) is 5. The van der Waals surface area contributed by atoms with E-state index in [9.17, 15) is 9.59 Å². The minimum Gasteiger partial charge on any atom is -0.486 e. The molecule has 2 aliphatic heterocycles. The van der Waals surface area contributed by atoms with Crippen molar-refractivity contribution >= 4 is 23.2 Å². The average molecular weight is 409 g/mol. The molecule has 0 atom stereocenters. The standard InChI is InChI=1S/C23H27N3O4/c27-22(23(28)25-18-6-9-20-21(16-18)30-15-14-29-20)24-11-10-17-4-7-19(8-5-17)26-12-2-1-3-13-26/h4-9,16H,1-3,10-15H2,(H,24,27)(H,25,28). The lowest BCUT2D eigenvalue weighted by Gasteiger charge is -2.28. The van der Waals surface area contributed by atoms with Gasteiger partial charge in [-0.25, -0.2) is 0 Å². The molecule has 0 aromatic heterocycles. The topological polar surface area (TPSA) is 79.9 Å². The van der Waals surface area contributed by atoms with E-state index in [1.165, 1.54) is 24.9 Å². The zero-order valence-electron chi connectivity index (χ0n) is 17.0. The third-order valence-electron chi connectivity index (χ3n) is 5.36. The lowest BCUT2D eigenvalue weighted by Crippen LogP contribution is -2.36. The van der Waals surface area contributed by atoms with E-state index in [2.05, 4.69) is 39.8 Å². The molecule has 2 heterocycles. The van der Waals surface area contributed by atoms with Gasteiger partial charge in [0.25, 0.3) is 0 Å². The lowest BCUT2D eigenvalue weighted by atomic mass is 10.1. The molecular weight excluding hydrogens is 382 g/mol. The number of rotatable bonds is 5. The number of ether oxygens (including phenoxy) is 2. The number of carbonyl (C=O) groups excluding carboxylic acids is 2. The highest BCUT2D eigenvalue weighted by Gasteiger charge is 2.16. The number of nitrogens with zero attached hydrogens (tertiary/aromatic N) is 1. The maximum absolute atomic E-state index is 12.1. The van der Waals surface area contributed by atoms with Gasteiger partial charge in [0.15, 0.2) is 11.5 Å². The average Bonchev–Trinajstić information content (AvgIpc) is 2.80. The van der Waals surface area contributed by atoms with Crippen LogP contribution in [0.3, 0.4) is 0 Å². The molecule has 2 N–H and O–H groups in total. The largest absolute Gasteiger partial charge is 0.486 e. The second kappa shape index (κ2) is 9.52. The molecule has 2 amide bonds. The molecule has 0 bridgehead atoms. The molecule has 0 saturated carbocycles. The SMILES string of the molecule is O=C(NCCc1ccc(N2CCCCC2)cc1)C(=O)Nc1ccc2c(c1)OCCO2. The first-order valence-electron chi connectivity index (χ1n) is 10.5. The maximum Gasteiger partial charge on any atom is 0.313 e. The molecule has 0 aliphatic carbocycles. The van der Waals surface area contributed by atoms with Crippen molar-refractivity contribution in [2.75, 3.05) is 43.1 Å². The van der Waals surface area contributed by atoms with Crippen molar-refractivity contribution in [3.8, 4) is 11.5 Å². The van der Waals surface area contributed by atoms with Gasteiger partial charge in [0.1, 0.15) is 13.2 Å². The number of amides is 2. The van der Waals surface area contributed by atoms with Crippen molar-refractivity contribution in [2.24, 2.45) is 0 Å². The van der Waals surface area contributed by atoms with E-state index in [1.54, 1.807) is 18.2 Å². The summed E-state index contributed by atoms with van der Waals surface area (Å²) >= 11 is 0. The Kier molecular flexibility index (Phi) is 6.37. The first kappa shape index (κ1) is 20.1. The molecule has 0 unspecified atom stereocenters. The normalized spacial score (nSPS) is 15.4. The van der Waals surface area contributed by atoms with Gasteiger partial charge in [-0.2, -0.15) is 0 Å². The number of carbonyl (C=O) groups is 2. The Morgan fingerprint density at radius 1 is 0.867 bits per heavy atom. The van der Waals surface area contributed by atoms with Crippen LogP contribution in [0.1, 0.15) is 24.8 Å². The predicted octanol–water partition coefficient (Wildman–Crippen LogP) is 2.75. The van der Waals surface area contributed by atoms with Gasteiger partial charge >= 0.3 is 11.8 Å². The Bertz CT molecular complexity index is 892. The van der Waals surface area contributed by atoms with E-state index in [1.807, 2.05) is 0 Å². The fourth-order valence-electron chi connectivity index (χ4n) is 3.74. The summed E-state index contributed by atoms with van der Waals surface area (Å²) in [6, 6.07) is 13.5. The Balaban J connectivity index is 1.23. The highest BCUT2D eigenvalue weighted by molar-refractivity contribution is 6.39. The molecule has 1 fully saturated rings. The first-order chi connectivity index (χ1) is 14.7. The van der Waals surface area contributed by atoms with Gasteiger partial charge in [-0.05, 0) is 55.5 Å². The van der Waals surface area contributed by atoms with Gasteiger partial charge in [0.2, 0.25) is 0 Å². The van der Waals surface area contributed by atoms with Gasteiger partial charge in [-0.3, -0.25) is 9.59 Å². The molecular formula is C23H27N3O4. The lowest BCUT2D eigenvalue weighted by molar-refractivity contribution is -0.136. The molecule has 158 valence electrons. The fourth-order valence-corrected chi connectivity index (χ4v) is 3.74. The Hall–Kier alpha value is -3.22. The molecule has 30 heavy (non-hydrogen) atoms. The van der Waals surface area contributed by atoms with Crippen molar-refractivity contribution in [1.29, 1.82) is 0 Å². The summed E-state index contributed by atoms with van der Waals surface area (Å²) in [6.07, 6.45) is 4.49. The van der Waals surface area contributed by atoms with Crippen molar-refractivity contribution < 1.29 is 19.1 Å². The number of fused-ring (bicyclic) bond motifs is 1. The monoisotopic (exact) mass is 409 g/mol. The van der Waals surface area contributed by atoms with Gasteiger partial charge < -0.3 is 25.0 Å². The quantitative estimate of drug-likeness (QED) is 0.743. The molecule has 2 aromatic rings. The third kappa shape index (κ3) is 5.03. The second-order valence-electron chi connectivity index (χ2n) is 7.53. The van der Waals surface area contributed by atoms with Crippen LogP contribution < -0.4 is 25.0 Å². The number of hydrogen-bond donors (Lipinski definition) is 2. The summed E-state index contributed by atoms with van der Waals surface area (Å²) in [5, 5.41) is 5.27. The van der Waals surface area contributed by atoms with Crippen LogP contribution in [0.25, 0.3) is 0 Å². The molecule has 0 spiro atoms. The summed E-state index contributed by atoms with van der Waals surface area (Å²) in [7, 11) is 0. The van der Waals surface area contributed by atoms with Crippen LogP contribution >= 0.6 is 0 Å².